The van der Waals surface area contributed by atoms with E-state index >= 15 is 0 Å². The molecule has 7 nitrogen and oxygen atoms in total. The van der Waals surface area contributed by atoms with Crippen molar-refractivity contribution >= 4 is 40.9 Å². The van der Waals surface area contributed by atoms with Crippen LogP contribution in [0.1, 0.15) is 30.6 Å². The number of hydrogen-bond donors (Lipinski definition) is 3. The molecule has 0 saturated carbocycles. The summed E-state index contributed by atoms with van der Waals surface area (Å²) in [5.41, 5.74) is 7.03. The van der Waals surface area contributed by atoms with Crippen LogP contribution in [0.25, 0.3) is 0 Å². The molecule has 3 amide bonds. The number of para-hydroxylation sites is 1. The molecule has 0 bridgehead atoms. The second-order valence-electron chi connectivity index (χ2n) is 6.52. The maximum absolute atomic E-state index is 12.3. The van der Waals surface area contributed by atoms with E-state index in [1.165, 1.54) is 11.8 Å². The van der Waals surface area contributed by atoms with Gasteiger partial charge in [-0.15, -0.1) is 11.8 Å². The first kappa shape index (κ1) is 20.7. The Kier molecular flexibility index (Phi) is 6.77. The van der Waals surface area contributed by atoms with Crippen molar-refractivity contribution in [3.8, 4) is 0 Å². The number of nitrogens with zero attached hydrogens (tertiary/aromatic N) is 1. The molecule has 8 heteroatoms. The molecule has 1 aliphatic heterocycles. The number of rotatable bonds is 6. The predicted molar refractivity (Wildman–Crippen MR) is 115 cm³/mol. The molecule has 2 aromatic rings. The van der Waals surface area contributed by atoms with E-state index in [1.54, 1.807) is 12.1 Å². The minimum absolute atomic E-state index is 0.0357. The van der Waals surface area contributed by atoms with Crippen LogP contribution >= 0.6 is 11.8 Å². The van der Waals surface area contributed by atoms with Crippen molar-refractivity contribution in [1.82, 2.24) is 10.9 Å². The standard InChI is InChI=1S/C21H24N4O3S/c1-3-25(4-2)15-11-9-14(10-12-15)20(27)24-23-19(26)13-18-21(28)22-16-7-5-6-8-17(16)29-18/h5-12,18H,3-4,13H2,1-2H3,(H,22,28)(H,23,26)(H,24,27)/t18-/m0/s1. The van der Waals surface area contributed by atoms with Crippen molar-refractivity contribution in [1.29, 1.82) is 0 Å². The van der Waals surface area contributed by atoms with Gasteiger partial charge < -0.3 is 10.2 Å². The van der Waals surface area contributed by atoms with Gasteiger partial charge in [-0.05, 0) is 50.2 Å². The van der Waals surface area contributed by atoms with Crippen molar-refractivity contribution in [3.05, 3.63) is 54.1 Å². The summed E-state index contributed by atoms with van der Waals surface area (Å²) in [5, 5.41) is 2.25. The van der Waals surface area contributed by atoms with Gasteiger partial charge >= 0.3 is 0 Å². The molecule has 29 heavy (non-hydrogen) atoms. The summed E-state index contributed by atoms with van der Waals surface area (Å²) in [6.07, 6.45) is -0.0357. The number of fused-ring (bicyclic) bond motifs is 1. The molecule has 1 atom stereocenters. The topological polar surface area (TPSA) is 90.5 Å². The molecule has 0 saturated heterocycles. The van der Waals surface area contributed by atoms with E-state index in [9.17, 15) is 14.4 Å². The molecule has 1 heterocycles. The van der Waals surface area contributed by atoms with Crippen LogP contribution in [0, 0.1) is 0 Å². The van der Waals surface area contributed by atoms with Crippen LogP contribution in [0.4, 0.5) is 11.4 Å². The molecule has 0 radical (unpaired) electrons. The summed E-state index contributed by atoms with van der Waals surface area (Å²) < 4.78 is 0. The predicted octanol–water partition coefficient (Wildman–Crippen LogP) is 2.80. The number of nitrogens with one attached hydrogen (secondary N) is 3. The first-order chi connectivity index (χ1) is 14.0. The van der Waals surface area contributed by atoms with Gasteiger partial charge in [0, 0.05) is 35.7 Å². The fourth-order valence-corrected chi connectivity index (χ4v) is 4.17. The first-order valence-electron chi connectivity index (χ1n) is 9.52. The number of thioether (sulfide) groups is 1. The smallest absolute Gasteiger partial charge is 0.269 e. The lowest BCUT2D eigenvalue weighted by Crippen LogP contribution is -2.44. The molecule has 3 rings (SSSR count). The summed E-state index contributed by atoms with van der Waals surface area (Å²) in [6, 6.07) is 14.6. The Morgan fingerprint density at radius 2 is 1.72 bits per heavy atom. The van der Waals surface area contributed by atoms with Crippen LogP contribution in [0.3, 0.4) is 0 Å². The SMILES string of the molecule is CCN(CC)c1ccc(C(=O)NNC(=O)C[C@@H]2Sc3ccccc3NC2=O)cc1. The fourth-order valence-electron chi connectivity index (χ4n) is 3.06. The zero-order valence-electron chi connectivity index (χ0n) is 16.4. The number of hydrazine groups is 1. The summed E-state index contributed by atoms with van der Waals surface area (Å²) in [5.74, 6) is -1.05. The Bertz CT molecular complexity index is 897. The third-order valence-electron chi connectivity index (χ3n) is 4.65. The van der Waals surface area contributed by atoms with Crippen molar-refractivity contribution in [2.24, 2.45) is 0 Å². The highest BCUT2D eigenvalue weighted by Gasteiger charge is 2.28. The molecule has 0 aliphatic carbocycles. The minimum atomic E-state index is -0.546. The summed E-state index contributed by atoms with van der Waals surface area (Å²) in [7, 11) is 0. The van der Waals surface area contributed by atoms with Crippen LogP contribution in [0.5, 0.6) is 0 Å². The zero-order valence-corrected chi connectivity index (χ0v) is 17.2. The lowest BCUT2D eigenvalue weighted by molar-refractivity contribution is -0.124. The third-order valence-corrected chi connectivity index (χ3v) is 5.93. The van der Waals surface area contributed by atoms with Gasteiger partial charge in [-0.2, -0.15) is 0 Å². The molecule has 2 aromatic carbocycles. The Morgan fingerprint density at radius 3 is 2.41 bits per heavy atom. The average Bonchev–Trinajstić information content (AvgIpc) is 2.74. The molecule has 0 fully saturated rings. The number of benzene rings is 2. The number of carbonyl (C=O) groups excluding carboxylic acids is 3. The lowest BCUT2D eigenvalue weighted by atomic mass is 10.2. The fraction of sp³-hybridized carbons (Fsp3) is 0.286. The Balaban J connectivity index is 1.51. The average molecular weight is 413 g/mol. The molecule has 1 aliphatic rings. The molecular weight excluding hydrogens is 388 g/mol. The van der Waals surface area contributed by atoms with Crippen molar-refractivity contribution in [2.75, 3.05) is 23.3 Å². The molecule has 0 unspecified atom stereocenters. The second kappa shape index (κ2) is 9.47. The number of amides is 3. The lowest BCUT2D eigenvalue weighted by Gasteiger charge is -2.23. The molecule has 0 aromatic heterocycles. The largest absolute Gasteiger partial charge is 0.372 e. The van der Waals surface area contributed by atoms with E-state index < -0.39 is 17.1 Å². The number of hydrogen-bond acceptors (Lipinski definition) is 5. The van der Waals surface area contributed by atoms with Gasteiger partial charge in [0.25, 0.3) is 5.91 Å². The van der Waals surface area contributed by atoms with E-state index in [2.05, 4.69) is 34.9 Å². The Hall–Kier alpha value is -3.00. The van der Waals surface area contributed by atoms with E-state index in [1.807, 2.05) is 36.4 Å². The van der Waals surface area contributed by atoms with E-state index in [4.69, 9.17) is 0 Å². The van der Waals surface area contributed by atoms with Gasteiger partial charge in [-0.1, -0.05) is 12.1 Å². The van der Waals surface area contributed by atoms with Gasteiger partial charge in [0.15, 0.2) is 0 Å². The number of carbonyl (C=O) groups is 3. The molecule has 152 valence electrons. The van der Waals surface area contributed by atoms with Gasteiger partial charge in [0.1, 0.15) is 0 Å². The van der Waals surface area contributed by atoms with Crippen LogP contribution in [0.2, 0.25) is 0 Å². The molecule has 3 N–H and O–H groups in total. The van der Waals surface area contributed by atoms with Gasteiger partial charge in [-0.25, -0.2) is 0 Å². The Labute approximate surface area is 174 Å². The quantitative estimate of drug-likeness (QED) is 0.635. The van der Waals surface area contributed by atoms with Crippen molar-refractivity contribution in [3.63, 3.8) is 0 Å². The third kappa shape index (κ3) is 5.08. The Morgan fingerprint density at radius 1 is 1.03 bits per heavy atom. The maximum atomic E-state index is 12.3. The number of anilines is 2. The van der Waals surface area contributed by atoms with Crippen molar-refractivity contribution < 1.29 is 14.4 Å². The highest BCUT2D eigenvalue weighted by atomic mass is 32.2. The van der Waals surface area contributed by atoms with E-state index in [0.29, 0.717) is 5.56 Å². The van der Waals surface area contributed by atoms with Gasteiger partial charge in [-0.3, -0.25) is 25.2 Å². The van der Waals surface area contributed by atoms with Gasteiger partial charge in [0.05, 0.1) is 10.9 Å². The van der Waals surface area contributed by atoms with Crippen LogP contribution in [0.15, 0.2) is 53.4 Å². The maximum Gasteiger partial charge on any atom is 0.269 e. The van der Waals surface area contributed by atoms with Gasteiger partial charge in [0.2, 0.25) is 11.8 Å². The van der Waals surface area contributed by atoms with Crippen LogP contribution in [-0.4, -0.2) is 36.1 Å². The molecular formula is C21H24N4O3S. The monoisotopic (exact) mass is 412 g/mol. The summed E-state index contributed by atoms with van der Waals surface area (Å²) >= 11 is 1.34. The minimum Gasteiger partial charge on any atom is -0.372 e. The van der Waals surface area contributed by atoms with E-state index in [0.717, 1.165) is 29.4 Å². The highest BCUT2D eigenvalue weighted by molar-refractivity contribution is 8.01. The van der Waals surface area contributed by atoms with Crippen molar-refractivity contribution in [2.45, 2.75) is 30.4 Å². The highest BCUT2D eigenvalue weighted by Crippen LogP contribution is 2.36. The summed E-state index contributed by atoms with van der Waals surface area (Å²) in [6.45, 7) is 5.91. The van der Waals surface area contributed by atoms with Crippen LogP contribution < -0.4 is 21.1 Å². The summed E-state index contributed by atoms with van der Waals surface area (Å²) in [4.78, 5) is 39.7. The zero-order chi connectivity index (χ0) is 20.8. The first-order valence-corrected chi connectivity index (χ1v) is 10.4. The molecule has 0 spiro atoms. The normalized spacial score (nSPS) is 15.1. The van der Waals surface area contributed by atoms with E-state index in [-0.39, 0.29) is 12.3 Å². The second-order valence-corrected chi connectivity index (χ2v) is 7.76. The van der Waals surface area contributed by atoms with Crippen LogP contribution in [-0.2, 0) is 9.59 Å².